The van der Waals surface area contributed by atoms with Gasteiger partial charge in [-0.3, -0.25) is 14.4 Å². The fourth-order valence-electron chi connectivity index (χ4n) is 3.60. The van der Waals surface area contributed by atoms with Gasteiger partial charge >= 0.3 is 0 Å². The van der Waals surface area contributed by atoms with Crippen molar-refractivity contribution < 1.29 is 23.5 Å². The zero-order chi connectivity index (χ0) is 27.2. The number of ketones is 1. The second-order valence-corrected chi connectivity index (χ2v) is 10.5. The monoisotopic (exact) mass is 556 g/mol. The lowest BCUT2D eigenvalue weighted by molar-refractivity contribution is -0.126. The van der Waals surface area contributed by atoms with Gasteiger partial charge in [0.05, 0.1) is 23.8 Å². The van der Waals surface area contributed by atoms with Crippen molar-refractivity contribution in [1.29, 1.82) is 0 Å². The topological polar surface area (TPSA) is 97.6 Å². The molecule has 38 heavy (non-hydrogen) atoms. The van der Waals surface area contributed by atoms with E-state index in [1.165, 1.54) is 11.8 Å². The van der Waals surface area contributed by atoms with Crippen molar-refractivity contribution in [2.45, 2.75) is 38.0 Å². The van der Waals surface area contributed by atoms with Crippen molar-refractivity contribution in [3.8, 4) is 5.75 Å². The number of carbonyl (C=O) groups is 3. The number of benzene rings is 2. The second-order valence-electron chi connectivity index (χ2n) is 9.04. The number of Topliss-reactive ketones (excluding diaryl/α,β-unsaturated/α-hetero) is 1. The van der Waals surface area contributed by atoms with Crippen LogP contribution in [0.2, 0.25) is 5.02 Å². The maximum Gasteiger partial charge on any atom is 0.257 e. The van der Waals surface area contributed by atoms with Gasteiger partial charge in [0.25, 0.3) is 5.91 Å². The zero-order valence-corrected chi connectivity index (χ0v) is 22.9. The Morgan fingerprint density at radius 1 is 1.00 bits per heavy atom. The van der Waals surface area contributed by atoms with E-state index in [2.05, 4.69) is 10.6 Å². The lowest BCUT2D eigenvalue weighted by Gasteiger charge is -2.19. The number of carbonyl (C=O) groups excluding carboxylic acids is 3. The molecule has 3 rings (SSSR count). The molecule has 2 aromatic carbocycles. The van der Waals surface area contributed by atoms with Crippen molar-refractivity contribution >= 4 is 41.0 Å². The van der Waals surface area contributed by atoms with E-state index >= 15 is 0 Å². The summed E-state index contributed by atoms with van der Waals surface area (Å²) in [5.41, 5.74) is 0.915. The molecule has 0 aliphatic rings. The first-order chi connectivity index (χ1) is 18.4. The van der Waals surface area contributed by atoms with E-state index < -0.39 is 6.04 Å². The van der Waals surface area contributed by atoms with Gasteiger partial charge in [0, 0.05) is 18.0 Å². The number of furan rings is 1. The van der Waals surface area contributed by atoms with E-state index in [0.717, 1.165) is 11.3 Å². The lowest BCUT2D eigenvalue weighted by atomic mass is 10.0. The summed E-state index contributed by atoms with van der Waals surface area (Å²) in [7, 11) is 0. The summed E-state index contributed by atoms with van der Waals surface area (Å²) in [6, 6.07) is 19.4. The van der Waals surface area contributed by atoms with Gasteiger partial charge in [-0.15, -0.1) is 11.8 Å². The SMILES string of the molecule is C[C@@H](CCC(=O)N[C@@H](Cc1ccc(Cl)cc1)C(=O)CSCc1ccco1)CNC(=O)COc1ccccc1. The number of hydrogen-bond acceptors (Lipinski definition) is 6. The van der Waals surface area contributed by atoms with Gasteiger partial charge in [-0.05, 0) is 60.7 Å². The molecule has 0 unspecified atom stereocenters. The largest absolute Gasteiger partial charge is 0.484 e. The van der Waals surface area contributed by atoms with Crippen LogP contribution in [0.3, 0.4) is 0 Å². The number of thioether (sulfide) groups is 1. The molecule has 1 heterocycles. The molecule has 0 bridgehead atoms. The molecule has 0 saturated carbocycles. The van der Waals surface area contributed by atoms with Crippen LogP contribution in [0.4, 0.5) is 0 Å². The highest BCUT2D eigenvalue weighted by molar-refractivity contribution is 7.99. The average molecular weight is 557 g/mol. The highest BCUT2D eigenvalue weighted by Gasteiger charge is 2.22. The summed E-state index contributed by atoms with van der Waals surface area (Å²) in [6.45, 7) is 2.33. The Labute approximate surface area is 232 Å². The number of ether oxygens (including phenoxy) is 1. The van der Waals surface area contributed by atoms with Gasteiger partial charge in [-0.2, -0.15) is 0 Å². The molecule has 0 aliphatic heterocycles. The van der Waals surface area contributed by atoms with E-state index in [0.29, 0.717) is 35.9 Å². The van der Waals surface area contributed by atoms with Crippen molar-refractivity contribution in [2.75, 3.05) is 18.9 Å². The van der Waals surface area contributed by atoms with Crippen LogP contribution >= 0.6 is 23.4 Å². The number of nitrogens with one attached hydrogen (secondary N) is 2. The predicted octanol–water partition coefficient (Wildman–Crippen LogP) is 5.07. The molecule has 0 fully saturated rings. The molecule has 0 saturated heterocycles. The van der Waals surface area contributed by atoms with E-state index in [-0.39, 0.29) is 42.3 Å². The van der Waals surface area contributed by atoms with Crippen LogP contribution in [-0.2, 0) is 26.6 Å². The molecule has 3 aromatic rings. The Hall–Kier alpha value is -3.23. The van der Waals surface area contributed by atoms with Crippen LogP contribution in [0.1, 0.15) is 31.1 Å². The van der Waals surface area contributed by atoms with E-state index in [9.17, 15) is 14.4 Å². The van der Waals surface area contributed by atoms with Crippen molar-refractivity contribution in [3.05, 3.63) is 89.3 Å². The molecule has 2 atom stereocenters. The fraction of sp³-hybridized carbons (Fsp3) is 0.345. The number of amides is 2. The molecular weight excluding hydrogens is 524 g/mol. The second kappa shape index (κ2) is 15.9. The van der Waals surface area contributed by atoms with Crippen LogP contribution in [-0.4, -0.2) is 42.5 Å². The fourth-order valence-corrected chi connectivity index (χ4v) is 4.60. The molecule has 0 radical (unpaired) electrons. The first-order valence-corrected chi connectivity index (χ1v) is 14.0. The summed E-state index contributed by atoms with van der Waals surface area (Å²) >= 11 is 7.44. The Kier molecular flexibility index (Phi) is 12.3. The molecule has 2 N–H and O–H groups in total. The standard InChI is InChI=1S/C29H33ClN2O5S/c1-21(17-31-29(35)18-37-24-6-3-2-4-7-24)9-14-28(34)32-26(16-22-10-12-23(30)13-11-22)27(33)20-38-19-25-8-5-15-36-25/h2-8,10-13,15,21,26H,9,14,16-20H2,1H3,(H,31,35)(H,32,34)/t21-,26-/m0/s1. The molecule has 0 aliphatic carbocycles. The molecule has 2 amide bonds. The third-order valence-electron chi connectivity index (χ3n) is 5.77. The minimum Gasteiger partial charge on any atom is -0.484 e. The van der Waals surface area contributed by atoms with Crippen molar-refractivity contribution in [2.24, 2.45) is 5.92 Å². The summed E-state index contributed by atoms with van der Waals surface area (Å²) in [5.74, 6) is 1.89. The van der Waals surface area contributed by atoms with Crippen LogP contribution < -0.4 is 15.4 Å². The summed E-state index contributed by atoms with van der Waals surface area (Å²) < 4.78 is 10.8. The summed E-state index contributed by atoms with van der Waals surface area (Å²) in [5, 5.41) is 6.37. The van der Waals surface area contributed by atoms with Crippen LogP contribution in [0, 0.1) is 5.92 Å². The van der Waals surface area contributed by atoms with Crippen molar-refractivity contribution in [1.82, 2.24) is 10.6 Å². The normalized spacial score (nSPS) is 12.4. The number of halogens is 1. The smallest absolute Gasteiger partial charge is 0.257 e. The molecule has 0 spiro atoms. The molecule has 9 heteroatoms. The highest BCUT2D eigenvalue weighted by atomic mass is 35.5. The van der Waals surface area contributed by atoms with Gasteiger partial charge in [0.15, 0.2) is 12.4 Å². The Morgan fingerprint density at radius 2 is 1.76 bits per heavy atom. The Morgan fingerprint density at radius 3 is 2.47 bits per heavy atom. The van der Waals surface area contributed by atoms with Gasteiger partial charge in [0.2, 0.25) is 5.91 Å². The van der Waals surface area contributed by atoms with E-state index in [1.807, 2.05) is 49.4 Å². The summed E-state index contributed by atoms with van der Waals surface area (Å²) in [6.07, 6.45) is 2.81. The van der Waals surface area contributed by atoms with Gasteiger partial charge in [-0.25, -0.2) is 0 Å². The molecule has 1 aromatic heterocycles. The molecule has 202 valence electrons. The molecular formula is C29H33ClN2O5S. The number of para-hydroxylation sites is 1. The first kappa shape index (κ1) is 29.3. The average Bonchev–Trinajstić information content (AvgIpc) is 3.44. The quantitative estimate of drug-likeness (QED) is 0.255. The Bertz CT molecular complexity index is 1140. The lowest BCUT2D eigenvalue weighted by Crippen LogP contribution is -2.43. The minimum absolute atomic E-state index is 0.0522. The van der Waals surface area contributed by atoms with Crippen LogP contribution in [0.15, 0.2) is 77.4 Å². The van der Waals surface area contributed by atoms with Crippen LogP contribution in [0.5, 0.6) is 5.75 Å². The maximum atomic E-state index is 13.0. The first-order valence-electron chi connectivity index (χ1n) is 12.5. The minimum atomic E-state index is -0.641. The van der Waals surface area contributed by atoms with E-state index in [4.69, 9.17) is 20.8 Å². The molecule has 7 nitrogen and oxygen atoms in total. The zero-order valence-electron chi connectivity index (χ0n) is 21.4. The summed E-state index contributed by atoms with van der Waals surface area (Å²) in [4.78, 5) is 37.8. The van der Waals surface area contributed by atoms with Gasteiger partial charge in [0.1, 0.15) is 11.5 Å². The Balaban J connectivity index is 1.43. The van der Waals surface area contributed by atoms with E-state index in [1.54, 1.807) is 30.5 Å². The van der Waals surface area contributed by atoms with Crippen LogP contribution in [0.25, 0.3) is 0 Å². The highest BCUT2D eigenvalue weighted by Crippen LogP contribution is 2.16. The third kappa shape index (κ3) is 11.0. The van der Waals surface area contributed by atoms with Crippen molar-refractivity contribution in [3.63, 3.8) is 0 Å². The third-order valence-corrected chi connectivity index (χ3v) is 7.00. The number of rotatable bonds is 16. The van der Waals surface area contributed by atoms with Gasteiger partial charge < -0.3 is 19.8 Å². The number of hydrogen-bond donors (Lipinski definition) is 2. The van der Waals surface area contributed by atoms with Gasteiger partial charge in [-0.1, -0.05) is 48.9 Å². The predicted molar refractivity (Wildman–Crippen MR) is 150 cm³/mol. The maximum absolute atomic E-state index is 13.0.